The molecule has 0 atom stereocenters. The zero-order valence-corrected chi connectivity index (χ0v) is 12.1. The predicted octanol–water partition coefficient (Wildman–Crippen LogP) is 2.05. The van der Waals surface area contributed by atoms with E-state index in [1.54, 1.807) is 31.4 Å². The molecular weight excluding hydrogens is 278 g/mol. The Balaban J connectivity index is 2.69. The highest BCUT2D eigenvalue weighted by Gasteiger charge is 2.12. The van der Waals surface area contributed by atoms with Gasteiger partial charge in [0.15, 0.2) is 0 Å². The molecule has 1 aromatic heterocycles. The van der Waals surface area contributed by atoms with Gasteiger partial charge in [0, 0.05) is 29.2 Å². The molecule has 0 amide bonds. The number of rotatable bonds is 4. The number of benzene rings is 1. The maximum Gasteiger partial charge on any atom is 0.271 e. The smallest absolute Gasteiger partial charge is 0.271 e. The maximum atomic E-state index is 12.0. The lowest BCUT2D eigenvalue weighted by Crippen LogP contribution is -2.27. The van der Waals surface area contributed by atoms with Crippen molar-refractivity contribution in [1.82, 2.24) is 9.78 Å². The van der Waals surface area contributed by atoms with E-state index in [9.17, 15) is 4.79 Å². The van der Waals surface area contributed by atoms with E-state index >= 15 is 0 Å². The molecule has 2 N–H and O–H groups in total. The molecule has 5 nitrogen and oxygen atoms in total. The molecule has 0 radical (unpaired) electrons. The van der Waals surface area contributed by atoms with Gasteiger partial charge in [-0.1, -0.05) is 11.6 Å². The number of nitrogens with two attached hydrogens (primary N) is 1. The topological polar surface area (TPSA) is 70.1 Å². The highest BCUT2D eigenvalue weighted by Crippen LogP contribution is 2.31. The molecule has 1 aromatic carbocycles. The number of hydrogen-bond donors (Lipinski definition) is 1. The summed E-state index contributed by atoms with van der Waals surface area (Å²) in [4.78, 5) is 12.0. The summed E-state index contributed by atoms with van der Waals surface area (Å²) in [6.45, 7) is 2.49. The van der Waals surface area contributed by atoms with Crippen molar-refractivity contribution in [3.63, 3.8) is 0 Å². The Morgan fingerprint density at radius 2 is 2.15 bits per heavy atom. The zero-order valence-electron chi connectivity index (χ0n) is 11.4. The van der Waals surface area contributed by atoms with Gasteiger partial charge >= 0.3 is 0 Å². The molecule has 0 saturated heterocycles. The first kappa shape index (κ1) is 14.6. The first-order chi connectivity index (χ1) is 9.60. The van der Waals surface area contributed by atoms with Crippen molar-refractivity contribution < 1.29 is 4.74 Å². The van der Waals surface area contributed by atoms with Crippen LogP contribution in [0.4, 0.5) is 0 Å². The zero-order chi connectivity index (χ0) is 14.7. The molecule has 2 rings (SSSR count). The van der Waals surface area contributed by atoms with Crippen molar-refractivity contribution in [2.75, 3.05) is 7.11 Å². The van der Waals surface area contributed by atoms with E-state index in [1.165, 1.54) is 4.68 Å². The van der Waals surface area contributed by atoms with E-state index < -0.39 is 0 Å². The lowest BCUT2D eigenvalue weighted by atomic mass is 10.1. The lowest BCUT2D eigenvalue weighted by Gasteiger charge is -2.11. The summed E-state index contributed by atoms with van der Waals surface area (Å²) < 4.78 is 6.70. The van der Waals surface area contributed by atoms with Crippen LogP contribution < -0.4 is 16.0 Å². The van der Waals surface area contributed by atoms with E-state index in [1.807, 2.05) is 6.92 Å². The van der Waals surface area contributed by atoms with E-state index in [0.29, 0.717) is 28.6 Å². The molecule has 0 unspecified atom stereocenters. The van der Waals surface area contributed by atoms with Gasteiger partial charge < -0.3 is 10.5 Å². The molecule has 0 fully saturated rings. The summed E-state index contributed by atoms with van der Waals surface area (Å²) in [6.07, 6.45) is 0. The average Bonchev–Trinajstić information content (AvgIpc) is 2.47. The van der Waals surface area contributed by atoms with Crippen molar-refractivity contribution in [3.8, 4) is 17.0 Å². The quantitative estimate of drug-likeness (QED) is 0.936. The first-order valence-corrected chi connectivity index (χ1v) is 6.63. The van der Waals surface area contributed by atoms with Crippen LogP contribution in [0.25, 0.3) is 11.3 Å². The van der Waals surface area contributed by atoms with Crippen molar-refractivity contribution in [1.29, 1.82) is 0 Å². The fourth-order valence-corrected chi connectivity index (χ4v) is 2.14. The minimum absolute atomic E-state index is 0.164. The molecule has 0 aliphatic carbocycles. The Bertz CT molecular complexity index is 654. The SMILES string of the molecule is CCn1nc(-c2cc(Cl)ccc2OC)cc(CN)c1=O. The van der Waals surface area contributed by atoms with Gasteiger partial charge in [-0.2, -0.15) is 5.10 Å². The average molecular weight is 294 g/mol. The number of aromatic nitrogens is 2. The summed E-state index contributed by atoms with van der Waals surface area (Å²) in [5, 5.41) is 4.90. The number of aryl methyl sites for hydroxylation is 1. The van der Waals surface area contributed by atoms with Crippen LogP contribution in [-0.2, 0) is 13.1 Å². The van der Waals surface area contributed by atoms with E-state index in [2.05, 4.69) is 5.10 Å². The molecule has 20 heavy (non-hydrogen) atoms. The number of ether oxygens (including phenoxy) is 1. The summed E-state index contributed by atoms with van der Waals surface area (Å²) in [6, 6.07) is 6.95. The predicted molar refractivity (Wildman–Crippen MR) is 79.1 cm³/mol. The highest BCUT2D eigenvalue weighted by atomic mass is 35.5. The summed E-state index contributed by atoms with van der Waals surface area (Å²) in [5.74, 6) is 0.645. The minimum atomic E-state index is -0.167. The van der Waals surface area contributed by atoms with Gasteiger partial charge in [-0.3, -0.25) is 4.79 Å². The van der Waals surface area contributed by atoms with Crippen molar-refractivity contribution in [2.24, 2.45) is 5.73 Å². The van der Waals surface area contributed by atoms with Crippen LogP contribution in [0.2, 0.25) is 5.02 Å². The van der Waals surface area contributed by atoms with Crippen LogP contribution >= 0.6 is 11.6 Å². The number of nitrogens with zero attached hydrogens (tertiary/aromatic N) is 2. The molecule has 0 aliphatic heterocycles. The van der Waals surface area contributed by atoms with Crippen molar-refractivity contribution in [3.05, 3.63) is 45.2 Å². The second-order valence-corrected chi connectivity index (χ2v) is 4.66. The van der Waals surface area contributed by atoms with Crippen LogP contribution in [0.5, 0.6) is 5.75 Å². The van der Waals surface area contributed by atoms with Crippen LogP contribution in [0, 0.1) is 0 Å². The molecule has 0 aliphatic rings. The van der Waals surface area contributed by atoms with Gasteiger partial charge in [-0.15, -0.1) is 0 Å². The number of hydrogen-bond acceptors (Lipinski definition) is 4. The van der Waals surface area contributed by atoms with Gasteiger partial charge in [-0.25, -0.2) is 4.68 Å². The van der Waals surface area contributed by atoms with E-state index in [4.69, 9.17) is 22.1 Å². The first-order valence-electron chi connectivity index (χ1n) is 6.25. The maximum absolute atomic E-state index is 12.0. The van der Waals surface area contributed by atoms with Crippen molar-refractivity contribution >= 4 is 11.6 Å². The minimum Gasteiger partial charge on any atom is -0.496 e. The molecule has 1 heterocycles. The van der Waals surface area contributed by atoms with E-state index in [-0.39, 0.29) is 12.1 Å². The number of halogens is 1. The van der Waals surface area contributed by atoms with E-state index in [0.717, 1.165) is 5.56 Å². The fraction of sp³-hybridized carbons (Fsp3) is 0.286. The van der Waals surface area contributed by atoms with Gasteiger partial charge in [0.05, 0.1) is 12.8 Å². The van der Waals surface area contributed by atoms with Crippen LogP contribution in [0.15, 0.2) is 29.1 Å². The number of methoxy groups -OCH3 is 1. The third-order valence-corrected chi connectivity index (χ3v) is 3.24. The van der Waals surface area contributed by atoms with Crippen molar-refractivity contribution in [2.45, 2.75) is 20.0 Å². The van der Waals surface area contributed by atoms with Gasteiger partial charge in [0.2, 0.25) is 0 Å². The Morgan fingerprint density at radius 1 is 1.40 bits per heavy atom. The summed E-state index contributed by atoms with van der Waals surface area (Å²) in [5.41, 5.74) is 7.32. The fourth-order valence-electron chi connectivity index (χ4n) is 1.97. The molecule has 0 spiro atoms. The summed E-state index contributed by atoms with van der Waals surface area (Å²) in [7, 11) is 1.58. The Hall–Kier alpha value is -1.85. The Kier molecular flexibility index (Phi) is 4.42. The molecular formula is C14H16ClN3O2. The van der Waals surface area contributed by atoms with Crippen LogP contribution in [0.3, 0.4) is 0 Å². The highest BCUT2D eigenvalue weighted by molar-refractivity contribution is 6.30. The molecule has 0 bridgehead atoms. The Labute approximate surface area is 121 Å². The normalized spacial score (nSPS) is 10.6. The van der Waals surface area contributed by atoms with Crippen LogP contribution in [-0.4, -0.2) is 16.9 Å². The molecule has 106 valence electrons. The lowest BCUT2D eigenvalue weighted by molar-refractivity contribution is 0.416. The Morgan fingerprint density at radius 3 is 2.75 bits per heavy atom. The third-order valence-electron chi connectivity index (χ3n) is 3.01. The second kappa shape index (κ2) is 6.07. The van der Waals surface area contributed by atoms with Crippen LogP contribution in [0.1, 0.15) is 12.5 Å². The largest absolute Gasteiger partial charge is 0.496 e. The van der Waals surface area contributed by atoms with Gasteiger partial charge in [-0.05, 0) is 31.2 Å². The monoisotopic (exact) mass is 293 g/mol. The molecule has 0 saturated carbocycles. The van der Waals surface area contributed by atoms with Gasteiger partial charge in [0.25, 0.3) is 5.56 Å². The molecule has 2 aromatic rings. The van der Waals surface area contributed by atoms with Gasteiger partial charge in [0.1, 0.15) is 5.75 Å². The second-order valence-electron chi connectivity index (χ2n) is 4.22. The summed E-state index contributed by atoms with van der Waals surface area (Å²) >= 11 is 6.03. The molecule has 6 heteroatoms. The third kappa shape index (κ3) is 2.69. The standard InChI is InChI=1S/C14H16ClN3O2/c1-3-18-14(19)9(8-16)6-12(17-18)11-7-10(15)4-5-13(11)20-2/h4-7H,3,8,16H2,1-2H3.